The van der Waals surface area contributed by atoms with Gasteiger partial charge in [-0.25, -0.2) is 4.98 Å². The number of pyridine rings is 1. The van der Waals surface area contributed by atoms with Crippen molar-refractivity contribution in [3.63, 3.8) is 0 Å². The fraction of sp³-hybridized carbons (Fsp3) is 0.188. The van der Waals surface area contributed by atoms with E-state index in [0.717, 1.165) is 32.7 Å². The molecular formula is C16H15ClN2O. The summed E-state index contributed by atoms with van der Waals surface area (Å²) in [6, 6.07) is 9.90. The van der Waals surface area contributed by atoms with Crippen LogP contribution in [0.1, 0.15) is 16.7 Å². The lowest BCUT2D eigenvalue weighted by molar-refractivity contribution is 0.283. The van der Waals surface area contributed by atoms with Gasteiger partial charge in [0.05, 0.1) is 13.2 Å². The molecule has 0 unspecified atom stereocenters. The third-order valence-corrected chi connectivity index (χ3v) is 3.79. The molecule has 0 saturated carbocycles. The van der Waals surface area contributed by atoms with Gasteiger partial charge in [0.2, 0.25) is 0 Å². The summed E-state index contributed by atoms with van der Waals surface area (Å²) in [7, 11) is 0. The lowest BCUT2D eigenvalue weighted by Gasteiger charge is -2.07. The average molecular weight is 287 g/mol. The number of benzene rings is 1. The van der Waals surface area contributed by atoms with Gasteiger partial charge in [-0.3, -0.25) is 0 Å². The number of fused-ring (bicyclic) bond motifs is 1. The number of hydrogen-bond donors (Lipinski definition) is 1. The topological polar surface area (TPSA) is 38.0 Å². The molecule has 3 rings (SSSR count). The van der Waals surface area contributed by atoms with Crippen LogP contribution in [0, 0.1) is 6.92 Å². The molecule has 0 spiro atoms. The fourth-order valence-corrected chi connectivity index (χ4v) is 2.70. The van der Waals surface area contributed by atoms with Crippen molar-refractivity contribution in [2.24, 2.45) is 0 Å². The first kappa shape index (κ1) is 13.2. The molecule has 2 aromatic heterocycles. The quantitative estimate of drug-likeness (QED) is 0.800. The number of aliphatic hydroxyl groups is 1. The largest absolute Gasteiger partial charge is 0.392 e. The predicted molar refractivity (Wildman–Crippen MR) is 80.9 cm³/mol. The zero-order valence-corrected chi connectivity index (χ0v) is 11.9. The smallest absolute Gasteiger partial charge is 0.140 e. The minimum absolute atomic E-state index is 0.0107. The van der Waals surface area contributed by atoms with Gasteiger partial charge in [0, 0.05) is 28.4 Å². The second kappa shape index (κ2) is 5.27. The number of aryl methyl sites for hydroxylation is 1. The van der Waals surface area contributed by atoms with Crippen molar-refractivity contribution < 1.29 is 5.11 Å². The Morgan fingerprint density at radius 1 is 1.25 bits per heavy atom. The normalized spacial score (nSPS) is 11.2. The summed E-state index contributed by atoms with van der Waals surface area (Å²) in [5, 5.41) is 11.2. The molecule has 0 fully saturated rings. The monoisotopic (exact) mass is 286 g/mol. The first-order valence-electron chi connectivity index (χ1n) is 6.47. The van der Waals surface area contributed by atoms with E-state index in [1.165, 1.54) is 0 Å². The molecular weight excluding hydrogens is 272 g/mol. The summed E-state index contributed by atoms with van der Waals surface area (Å²) in [6.07, 6.45) is 3.70. The van der Waals surface area contributed by atoms with Crippen LogP contribution in [0.2, 0.25) is 5.02 Å². The van der Waals surface area contributed by atoms with Crippen LogP contribution >= 0.6 is 11.6 Å². The second-order valence-corrected chi connectivity index (χ2v) is 5.32. The van der Waals surface area contributed by atoms with E-state index in [2.05, 4.69) is 4.98 Å². The molecule has 0 aliphatic carbocycles. The maximum absolute atomic E-state index is 9.44. The first-order valence-corrected chi connectivity index (χ1v) is 6.85. The molecule has 3 nitrogen and oxygen atoms in total. The third-order valence-electron chi connectivity index (χ3n) is 3.44. The Labute approximate surface area is 122 Å². The van der Waals surface area contributed by atoms with Crippen molar-refractivity contribution in [1.29, 1.82) is 0 Å². The van der Waals surface area contributed by atoms with E-state index in [9.17, 15) is 5.11 Å². The molecule has 102 valence electrons. The number of hydrogen-bond acceptors (Lipinski definition) is 2. The van der Waals surface area contributed by atoms with E-state index in [0.29, 0.717) is 6.54 Å². The van der Waals surface area contributed by atoms with E-state index < -0.39 is 0 Å². The van der Waals surface area contributed by atoms with Crippen molar-refractivity contribution in [3.05, 3.63) is 64.4 Å². The Hall–Kier alpha value is -1.84. The van der Waals surface area contributed by atoms with E-state index in [4.69, 9.17) is 11.6 Å². The Bertz CT molecular complexity index is 764. The SMILES string of the molecule is Cc1ccc(Cn2cc(CO)c3cccnc32)c(Cl)c1. The molecule has 0 radical (unpaired) electrons. The number of aliphatic hydroxyl groups excluding tert-OH is 1. The van der Waals surface area contributed by atoms with Crippen LogP contribution in [0.3, 0.4) is 0 Å². The molecule has 1 N–H and O–H groups in total. The van der Waals surface area contributed by atoms with E-state index in [-0.39, 0.29) is 6.61 Å². The second-order valence-electron chi connectivity index (χ2n) is 4.91. The summed E-state index contributed by atoms with van der Waals surface area (Å²) in [6.45, 7) is 2.68. The zero-order valence-electron chi connectivity index (χ0n) is 11.2. The molecule has 1 aromatic carbocycles. The van der Waals surface area contributed by atoms with Gasteiger partial charge in [0.15, 0.2) is 0 Å². The highest BCUT2D eigenvalue weighted by Crippen LogP contribution is 2.23. The summed E-state index contributed by atoms with van der Waals surface area (Å²) in [5.41, 5.74) is 3.94. The van der Waals surface area contributed by atoms with Gasteiger partial charge >= 0.3 is 0 Å². The maximum atomic E-state index is 9.44. The van der Waals surface area contributed by atoms with Gasteiger partial charge in [-0.1, -0.05) is 23.7 Å². The molecule has 0 bridgehead atoms. The molecule has 0 amide bonds. The van der Waals surface area contributed by atoms with Crippen LogP contribution in [0.25, 0.3) is 11.0 Å². The van der Waals surface area contributed by atoms with Crippen LogP contribution < -0.4 is 0 Å². The van der Waals surface area contributed by atoms with E-state index in [1.807, 2.05) is 48.0 Å². The number of aromatic nitrogens is 2. The minimum atomic E-state index is 0.0107. The van der Waals surface area contributed by atoms with Gasteiger partial charge in [-0.05, 0) is 36.2 Å². The highest BCUT2D eigenvalue weighted by atomic mass is 35.5. The predicted octanol–water partition coefficient (Wildman–Crippen LogP) is 3.54. The van der Waals surface area contributed by atoms with E-state index >= 15 is 0 Å². The van der Waals surface area contributed by atoms with Gasteiger partial charge < -0.3 is 9.67 Å². The number of rotatable bonds is 3. The van der Waals surface area contributed by atoms with Crippen LogP contribution in [0.15, 0.2) is 42.7 Å². The van der Waals surface area contributed by atoms with Crippen molar-refractivity contribution >= 4 is 22.6 Å². The zero-order chi connectivity index (χ0) is 14.1. The molecule has 3 aromatic rings. The van der Waals surface area contributed by atoms with Crippen molar-refractivity contribution in [3.8, 4) is 0 Å². The van der Waals surface area contributed by atoms with Gasteiger partial charge in [0.25, 0.3) is 0 Å². The van der Waals surface area contributed by atoms with Crippen LogP contribution in [0.5, 0.6) is 0 Å². The Balaban J connectivity index is 2.06. The lowest BCUT2D eigenvalue weighted by atomic mass is 10.1. The number of halogens is 1. The average Bonchev–Trinajstić information content (AvgIpc) is 2.80. The van der Waals surface area contributed by atoms with Crippen molar-refractivity contribution in [1.82, 2.24) is 9.55 Å². The molecule has 0 aliphatic rings. The Morgan fingerprint density at radius 2 is 2.10 bits per heavy atom. The lowest BCUT2D eigenvalue weighted by Crippen LogP contribution is -2.00. The highest BCUT2D eigenvalue weighted by Gasteiger charge is 2.10. The highest BCUT2D eigenvalue weighted by molar-refractivity contribution is 6.31. The minimum Gasteiger partial charge on any atom is -0.392 e. The molecule has 20 heavy (non-hydrogen) atoms. The fourth-order valence-electron chi connectivity index (χ4n) is 2.41. The van der Waals surface area contributed by atoms with Crippen molar-refractivity contribution in [2.45, 2.75) is 20.1 Å². The molecule has 0 saturated heterocycles. The maximum Gasteiger partial charge on any atom is 0.140 e. The Kier molecular flexibility index (Phi) is 3.47. The summed E-state index contributed by atoms with van der Waals surface area (Å²) >= 11 is 6.29. The summed E-state index contributed by atoms with van der Waals surface area (Å²) in [5.74, 6) is 0. The summed E-state index contributed by atoms with van der Waals surface area (Å²) < 4.78 is 2.03. The number of nitrogens with zero attached hydrogens (tertiary/aromatic N) is 2. The molecule has 0 aliphatic heterocycles. The van der Waals surface area contributed by atoms with Gasteiger partial charge in [-0.2, -0.15) is 0 Å². The third kappa shape index (κ3) is 2.30. The van der Waals surface area contributed by atoms with Crippen LogP contribution in [-0.4, -0.2) is 14.7 Å². The summed E-state index contributed by atoms with van der Waals surface area (Å²) in [4.78, 5) is 4.40. The molecule has 4 heteroatoms. The van der Waals surface area contributed by atoms with Crippen LogP contribution in [0.4, 0.5) is 0 Å². The Morgan fingerprint density at radius 3 is 2.85 bits per heavy atom. The first-order chi connectivity index (χ1) is 9.69. The van der Waals surface area contributed by atoms with Crippen LogP contribution in [-0.2, 0) is 13.2 Å². The van der Waals surface area contributed by atoms with Crippen molar-refractivity contribution in [2.75, 3.05) is 0 Å². The standard InChI is InChI=1S/C16H15ClN2O/c1-11-4-5-12(15(17)7-11)8-19-9-13(10-20)14-3-2-6-18-16(14)19/h2-7,9,20H,8,10H2,1H3. The van der Waals surface area contributed by atoms with Gasteiger partial charge in [0.1, 0.15) is 5.65 Å². The molecule has 2 heterocycles. The molecule has 0 atom stereocenters. The van der Waals surface area contributed by atoms with E-state index in [1.54, 1.807) is 6.20 Å². The van der Waals surface area contributed by atoms with Gasteiger partial charge in [-0.15, -0.1) is 0 Å².